The van der Waals surface area contributed by atoms with Crippen LogP contribution in [0.2, 0.25) is 0 Å². The second-order valence-electron chi connectivity index (χ2n) is 3.28. The van der Waals surface area contributed by atoms with Crippen LogP contribution in [0.5, 0.6) is 11.5 Å². The van der Waals surface area contributed by atoms with Gasteiger partial charge in [-0.1, -0.05) is 0 Å². The molecular weight excluding hydrogens is 222 g/mol. The van der Waals surface area contributed by atoms with Crippen LogP contribution in [0.15, 0.2) is 30.6 Å². The summed E-state index contributed by atoms with van der Waals surface area (Å²) >= 11 is 0. The summed E-state index contributed by atoms with van der Waals surface area (Å²) in [4.78, 5) is 18.3. The Morgan fingerprint density at radius 2 is 2.35 bits per heavy atom. The van der Waals surface area contributed by atoms with Crippen LogP contribution in [0.25, 0.3) is 0 Å². The average molecular weight is 233 g/mol. The van der Waals surface area contributed by atoms with Crippen molar-refractivity contribution in [3.63, 3.8) is 0 Å². The lowest BCUT2D eigenvalue weighted by Crippen LogP contribution is -2.12. The fraction of sp³-hybridized carbons (Fsp3) is 0.0909. The lowest BCUT2D eigenvalue weighted by atomic mass is 10.2. The van der Waals surface area contributed by atoms with Crippen molar-refractivity contribution in [3.8, 4) is 11.5 Å². The minimum atomic E-state index is -0.363. The zero-order valence-electron chi connectivity index (χ0n) is 9.10. The molecule has 88 valence electrons. The molecule has 0 aliphatic heterocycles. The highest BCUT2D eigenvalue weighted by atomic mass is 16.5. The third kappa shape index (κ3) is 2.36. The van der Waals surface area contributed by atoms with Crippen molar-refractivity contribution in [1.82, 2.24) is 9.97 Å². The fourth-order valence-corrected chi connectivity index (χ4v) is 1.34. The normalized spacial score (nSPS) is 9.94. The highest BCUT2D eigenvalue weighted by molar-refractivity contribution is 6.03. The summed E-state index contributed by atoms with van der Waals surface area (Å²) in [5.41, 5.74) is 0.319. The zero-order valence-corrected chi connectivity index (χ0v) is 9.10. The Hall–Kier alpha value is -2.50. The summed E-state index contributed by atoms with van der Waals surface area (Å²) in [6, 6.07) is 4.40. The Morgan fingerprint density at radius 3 is 2.94 bits per heavy atom. The Balaban J connectivity index is 2.17. The van der Waals surface area contributed by atoms with Crippen molar-refractivity contribution < 1.29 is 14.6 Å². The maximum atomic E-state index is 11.7. The maximum absolute atomic E-state index is 11.7. The molecule has 0 unspecified atom stereocenters. The number of benzene rings is 1. The minimum Gasteiger partial charge on any atom is -0.504 e. The van der Waals surface area contributed by atoms with Crippen molar-refractivity contribution in [2.75, 3.05) is 12.4 Å². The largest absolute Gasteiger partial charge is 0.504 e. The van der Waals surface area contributed by atoms with Crippen LogP contribution in [-0.2, 0) is 0 Å². The SMILES string of the molecule is COc1ccc(C(=O)Nc2ncc[nH]2)cc1O. The van der Waals surface area contributed by atoms with Gasteiger partial charge in [0, 0.05) is 18.0 Å². The molecule has 1 aromatic heterocycles. The predicted octanol–water partition coefficient (Wildman–Crippen LogP) is 1.38. The van der Waals surface area contributed by atoms with E-state index >= 15 is 0 Å². The molecule has 0 atom stereocenters. The van der Waals surface area contributed by atoms with Crippen LogP contribution in [0.4, 0.5) is 5.95 Å². The quantitative estimate of drug-likeness (QED) is 0.747. The molecule has 0 fully saturated rings. The number of aromatic nitrogens is 2. The van der Waals surface area contributed by atoms with Gasteiger partial charge in [0.2, 0.25) is 5.95 Å². The van der Waals surface area contributed by atoms with E-state index in [1.807, 2.05) is 0 Å². The molecule has 6 nitrogen and oxygen atoms in total. The van der Waals surface area contributed by atoms with E-state index in [2.05, 4.69) is 15.3 Å². The number of amides is 1. The summed E-state index contributed by atoms with van der Waals surface area (Å²) in [6.45, 7) is 0. The topological polar surface area (TPSA) is 87.2 Å². The molecule has 1 heterocycles. The molecule has 0 spiro atoms. The molecule has 2 aromatic rings. The molecule has 1 amide bonds. The van der Waals surface area contributed by atoms with Crippen molar-refractivity contribution in [1.29, 1.82) is 0 Å². The van der Waals surface area contributed by atoms with Crippen LogP contribution in [0, 0.1) is 0 Å². The highest BCUT2D eigenvalue weighted by Gasteiger charge is 2.10. The number of hydrogen-bond acceptors (Lipinski definition) is 4. The number of aromatic hydroxyl groups is 1. The van der Waals surface area contributed by atoms with E-state index in [4.69, 9.17) is 4.74 Å². The van der Waals surface area contributed by atoms with Gasteiger partial charge >= 0.3 is 0 Å². The Labute approximate surface area is 97.3 Å². The number of methoxy groups -OCH3 is 1. The third-order valence-electron chi connectivity index (χ3n) is 2.17. The highest BCUT2D eigenvalue weighted by Crippen LogP contribution is 2.26. The Bertz CT molecular complexity index is 523. The molecule has 0 aliphatic carbocycles. The predicted molar refractivity (Wildman–Crippen MR) is 61.2 cm³/mol. The Kier molecular flexibility index (Phi) is 2.95. The van der Waals surface area contributed by atoms with E-state index in [1.165, 1.54) is 25.4 Å². The monoisotopic (exact) mass is 233 g/mol. The number of anilines is 1. The molecular formula is C11H11N3O3. The number of rotatable bonds is 3. The number of ether oxygens (including phenoxy) is 1. The van der Waals surface area contributed by atoms with Crippen LogP contribution in [-0.4, -0.2) is 28.1 Å². The number of carbonyl (C=O) groups excluding carboxylic acids is 1. The fourth-order valence-electron chi connectivity index (χ4n) is 1.34. The summed E-state index contributed by atoms with van der Waals surface area (Å²) in [5.74, 6) is 0.224. The summed E-state index contributed by atoms with van der Waals surface area (Å²) in [6.07, 6.45) is 3.13. The number of aromatic amines is 1. The number of nitrogens with one attached hydrogen (secondary N) is 2. The zero-order chi connectivity index (χ0) is 12.3. The molecule has 1 aromatic carbocycles. The molecule has 17 heavy (non-hydrogen) atoms. The van der Waals surface area contributed by atoms with Gasteiger partial charge in [0.1, 0.15) is 0 Å². The van der Waals surface area contributed by atoms with Crippen LogP contribution in [0.1, 0.15) is 10.4 Å². The maximum Gasteiger partial charge on any atom is 0.258 e. The summed E-state index contributed by atoms with van der Waals surface area (Å²) < 4.78 is 4.89. The second-order valence-corrected chi connectivity index (χ2v) is 3.28. The molecule has 0 saturated heterocycles. The second kappa shape index (κ2) is 4.56. The van der Waals surface area contributed by atoms with E-state index < -0.39 is 0 Å². The molecule has 6 heteroatoms. The first-order valence-electron chi connectivity index (χ1n) is 4.88. The van der Waals surface area contributed by atoms with Crippen molar-refractivity contribution in [2.45, 2.75) is 0 Å². The third-order valence-corrected chi connectivity index (χ3v) is 2.17. The van der Waals surface area contributed by atoms with Crippen molar-refractivity contribution >= 4 is 11.9 Å². The standard InChI is InChI=1S/C11H11N3O3/c1-17-9-3-2-7(6-8(9)15)10(16)14-11-12-4-5-13-11/h2-6,15H,1H3,(H2,12,13,14,16). The smallest absolute Gasteiger partial charge is 0.258 e. The lowest BCUT2D eigenvalue weighted by Gasteiger charge is -2.05. The number of nitrogens with zero attached hydrogens (tertiary/aromatic N) is 1. The van der Waals surface area contributed by atoms with Gasteiger partial charge in [-0.2, -0.15) is 0 Å². The molecule has 3 N–H and O–H groups in total. The van der Waals surface area contributed by atoms with Crippen molar-refractivity contribution in [3.05, 3.63) is 36.2 Å². The van der Waals surface area contributed by atoms with Crippen LogP contribution in [0.3, 0.4) is 0 Å². The van der Waals surface area contributed by atoms with Crippen LogP contribution < -0.4 is 10.1 Å². The van der Waals surface area contributed by atoms with Gasteiger partial charge in [-0.3, -0.25) is 10.1 Å². The van der Waals surface area contributed by atoms with E-state index in [0.717, 1.165) is 0 Å². The van der Waals surface area contributed by atoms with Gasteiger partial charge in [0.05, 0.1) is 7.11 Å². The van der Waals surface area contributed by atoms with E-state index in [9.17, 15) is 9.90 Å². The number of carbonyl (C=O) groups is 1. The Morgan fingerprint density at radius 1 is 1.53 bits per heavy atom. The first-order valence-corrected chi connectivity index (χ1v) is 4.88. The van der Waals surface area contributed by atoms with E-state index in [0.29, 0.717) is 17.3 Å². The number of hydrogen-bond donors (Lipinski definition) is 3. The van der Waals surface area contributed by atoms with Crippen LogP contribution >= 0.6 is 0 Å². The molecule has 0 aliphatic rings. The average Bonchev–Trinajstić information content (AvgIpc) is 2.81. The molecule has 0 saturated carbocycles. The molecule has 0 radical (unpaired) electrons. The molecule has 2 rings (SSSR count). The summed E-state index contributed by atoms with van der Waals surface area (Å²) in [5, 5.41) is 12.1. The van der Waals surface area contributed by atoms with E-state index in [1.54, 1.807) is 12.3 Å². The molecule has 0 bridgehead atoms. The van der Waals surface area contributed by atoms with Gasteiger partial charge in [0.25, 0.3) is 5.91 Å². The van der Waals surface area contributed by atoms with Crippen molar-refractivity contribution in [2.24, 2.45) is 0 Å². The van der Waals surface area contributed by atoms with Gasteiger partial charge in [0.15, 0.2) is 11.5 Å². The number of phenolic OH excluding ortho intramolecular Hbond substituents is 1. The summed E-state index contributed by atoms with van der Waals surface area (Å²) in [7, 11) is 1.44. The van der Waals surface area contributed by atoms with E-state index in [-0.39, 0.29) is 11.7 Å². The van der Waals surface area contributed by atoms with Gasteiger partial charge in [-0.25, -0.2) is 4.98 Å². The minimum absolute atomic E-state index is 0.0837. The number of phenols is 1. The van der Waals surface area contributed by atoms with Gasteiger partial charge < -0.3 is 14.8 Å². The van der Waals surface area contributed by atoms with Gasteiger partial charge in [-0.05, 0) is 18.2 Å². The van der Waals surface area contributed by atoms with Gasteiger partial charge in [-0.15, -0.1) is 0 Å². The lowest BCUT2D eigenvalue weighted by molar-refractivity contribution is 0.102. The number of H-pyrrole nitrogens is 1. The number of imidazole rings is 1. The first-order chi connectivity index (χ1) is 8.20. The first kappa shape index (κ1) is 11.0.